The van der Waals surface area contributed by atoms with Crippen molar-refractivity contribution in [2.24, 2.45) is 0 Å². The smallest absolute Gasteiger partial charge is 0.310 e. The van der Waals surface area contributed by atoms with Crippen molar-refractivity contribution in [2.45, 2.75) is 0 Å². The van der Waals surface area contributed by atoms with Gasteiger partial charge in [-0.1, -0.05) is 42.5 Å². The molecule has 0 N–H and O–H groups in total. The molecule has 6 nitrogen and oxygen atoms in total. The van der Waals surface area contributed by atoms with Gasteiger partial charge in [0.2, 0.25) is 0 Å². The summed E-state index contributed by atoms with van der Waals surface area (Å²) in [6.07, 6.45) is 0. The Morgan fingerprint density at radius 3 is 2.07 bits per heavy atom. The molecule has 0 atom stereocenters. The van der Waals surface area contributed by atoms with Crippen LogP contribution in [0.3, 0.4) is 0 Å². The van der Waals surface area contributed by atoms with Crippen LogP contribution in [-0.4, -0.2) is 23.9 Å². The summed E-state index contributed by atoms with van der Waals surface area (Å²) in [7, 11) is 0. The summed E-state index contributed by atoms with van der Waals surface area (Å²) in [6.45, 7) is 0.383. The van der Waals surface area contributed by atoms with E-state index in [0.29, 0.717) is 16.9 Å². The molecule has 3 aromatic carbocycles. The number of hydrogen-bond acceptors (Lipinski definition) is 5. The van der Waals surface area contributed by atoms with Crippen molar-refractivity contribution < 1.29 is 19.2 Å². The Hall–Kier alpha value is -3.67. The van der Waals surface area contributed by atoms with Gasteiger partial charge in [-0.15, -0.1) is 0 Å². The number of rotatable bonds is 8. The second kappa shape index (κ2) is 8.62. The number of nitrogens with zero attached hydrogens (tertiary/aromatic N) is 1. The zero-order valence-corrected chi connectivity index (χ0v) is 14.4. The maximum absolute atomic E-state index is 12.3. The number of carbonyl (C=O) groups excluding carboxylic acids is 1. The molecule has 0 heterocycles. The minimum absolute atomic E-state index is 0.0538. The minimum atomic E-state index is -0.487. The Morgan fingerprint density at radius 1 is 0.778 bits per heavy atom. The highest BCUT2D eigenvalue weighted by atomic mass is 16.6. The molecule has 0 saturated heterocycles. The van der Waals surface area contributed by atoms with Gasteiger partial charge in [-0.3, -0.25) is 14.9 Å². The van der Waals surface area contributed by atoms with Crippen LogP contribution in [0.2, 0.25) is 0 Å². The Labute approximate surface area is 156 Å². The number of para-hydroxylation sites is 2. The number of nitro groups is 1. The van der Waals surface area contributed by atoms with E-state index in [1.807, 2.05) is 18.2 Å². The van der Waals surface area contributed by atoms with E-state index in [1.54, 1.807) is 54.6 Å². The van der Waals surface area contributed by atoms with E-state index in [0.717, 1.165) is 0 Å². The first-order valence-corrected chi connectivity index (χ1v) is 8.34. The first-order chi connectivity index (χ1) is 13.1. The van der Waals surface area contributed by atoms with Crippen molar-refractivity contribution in [3.8, 4) is 11.5 Å². The van der Waals surface area contributed by atoms with Gasteiger partial charge in [0.05, 0.1) is 4.92 Å². The molecule has 27 heavy (non-hydrogen) atoms. The largest absolute Gasteiger partial charge is 0.490 e. The Balaban J connectivity index is 1.52. The van der Waals surface area contributed by atoms with Crippen molar-refractivity contribution in [1.29, 1.82) is 0 Å². The van der Waals surface area contributed by atoms with Crippen molar-refractivity contribution >= 4 is 11.5 Å². The molecule has 0 aliphatic heterocycles. The highest BCUT2D eigenvalue weighted by Gasteiger charge is 2.13. The lowest BCUT2D eigenvalue weighted by Crippen LogP contribution is -2.10. The van der Waals surface area contributed by atoms with E-state index < -0.39 is 4.92 Å². The molecule has 0 aliphatic rings. The molecule has 136 valence electrons. The van der Waals surface area contributed by atoms with E-state index in [-0.39, 0.29) is 30.4 Å². The lowest BCUT2D eigenvalue weighted by molar-refractivity contribution is -0.385. The summed E-state index contributed by atoms with van der Waals surface area (Å²) in [5.74, 6) is 0.738. The van der Waals surface area contributed by atoms with Gasteiger partial charge in [0, 0.05) is 17.2 Å². The van der Waals surface area contributed by atoms with Crippen LogP contribution < -0.4 is 9.47 Å². The van der Waals surface area contributed by atoms with E-state index in [9.17, 15) is 14.9 Å². The van der Waals surface area contributed by atoms with Gasteiger partial charge in [0.1, 0.15) is 19.0 Å². The predicted octanol–water partition coefficient (Wildman–Crippen LogP) is 4.28. The van der Waals surface area contributed by atoms with Gasteiger partial charge in [0.25, 0.3) is 0 Å². The van der Waals surface area contributed by atoms with Gasteiger partial charge < -0.3 is 9.47 Å². The second-order valence-corrected chi connectivity index (χ2v) is 5.64. The maximum atomic E-state index is 12.3. The van der Waals surface area contributed by atoms with Crippen LogP contribution in [0, 0.1) is 10.1 Å². The molecule has 0 unspecified atom stereocenters. The van der Waals surface area contributed by atoms with E-state index >= 15 is 0 Å². The van der Waals surface area contributed by atoms with E-state index in [2.05, 4.69) is 0 Å². The highest BCUT2D eigenvalue weighted by molar-refractivity contribution is 6.08. The Kier molecular flexibility index (Phi) is 5.79. The van der Waals surface area contributed by atoms with Crippen LogP contribution in [0.25, 0.3) is 0 Å². The molecule has 0 saturated carbocycles. The maximum Gasteiger partial charge on any atom is 0.310 e. The van der Waals surface area contributed by atoms with E-state index in [4.69, 9.17) is 9.47 Å². The fourth-order valence-electron chi connectivity index (χ4n) is 2.50. The number of carbonyl (C=O) groups is 1. The molecule has 0 fully saturated rings. The molecular formula is C21H17NO5. The molecular weight excluding hydrogens is 346 g/mol. The third-order valence-corrected chi connectivity index (χ3v) is 3.82. The van der Waals surface area contributed by atoms with Gasteiger partial charge in [-0.2, -0.15) is 0 Å². The molecule has 3 rings (SSSR count). The summed E-state index contributed by atoms with van der Waals surface area (Å²) < 4.78 is 11.0. The summed E-state index contributed by atoms with van der Waals surface area (Å²) >= 11 is 0. The van der Waals surface area contributed by atoms with Gasteiger partial charge in [0.15, 0.2) is 11.5 Å². The number of benzene rings is 3. The third-order valence-electron chi connectivity index (χ3n) is 3.82. The van der Waals surface area contributed by atoms with Crippen LogP contribution in [-0.2, 0) is 0 Å². The standard InChI is InChI=1S/C21H17NO5/c23-21(16-6-2-1-3-7-16)17-10-12-18(13-11-17)26-14-15-27-20-9-5-4-8-19(20)22(24)25/h1-13H,14-15H2. The fraction of sp³-hybridized carbons (Fsp3) is 0.0952. The molecule has 0 spiro atoms. The van der Waals surface area contributed by atoms with Crippen molar-refractivity contribution in [2.75, 3.05) is 13.2 Å². The van der Waals surface area contributed by atoms with Crippen LogP contribution in [0.4, 0.5) is 5.69 Å². The summed E-state index contributed by atoms with van der Waals surface area (Å²) in [6, 6.07) is 22.1. The number of ketones is 1. The quantitative estimate of drug-likeness (QED) is 0.258. The number of ether oxygens (including phenoxy) is 2. The first kappa shape index (κ1) is 18.1. The molecule has 0 radical (unpaired) electrons. The lowest BCUT2D eigenvalue weighted by atomic mass is 10.0. The average molecular weight is 363 g/mol. The van der Waals surface area contributed by atoms with Gasteiger partial charge in [-0.05, 0) is 30.3 Å². The minimum Gasteiger partial charge on any atom is -0.490 e. The predicted molar refractivity (Wildman–Crippen MR) is 100 cm³/mol. The van der Waals surface area contributed by atoms with E-state index in [1.165, 1.54) is 6.07 Å². The normalized spacial score (nSPS) is 10.2. The van der Waals surface area contributed by atoms with Crippen LogP contribution in [0.15, 0.2) is 78.9 Å². The molecule has 3 aromatic rings. The number of nitro benzene ring substituents is 1. The Morgan fingerprint density at radius 2 is 1.37 bits per heavy atom. The molecule has 0 aromatic heterocycles. The van der Waals surface area contributed by atoms with Gasteiger partial charge >= 0.3 is 5.69 Å². The summed E-state index contributed by atoms with van der Waals surface area (Å²) in [5.41, 5.74) is 1.12. The third kappa shape index (κ3) is 4.70. The van der Waals surface area contributed by atoms with Crippen LogP contribution in [0.1, 0.15) is 15.9 Å². The second-order valence-electron chi connectivity index (χ2n) is 5.64. The lowest BCUT2D eigenvalue weighted by Gasteiger charge is -2.09. The number of hydrogen-bond donors (Lipinski definition) is 0. The zero-order chi connectivity index (χ0) is 19.1. The molecule has 0 bridgehead atoms. The topological polar surface area (TPSA) is 78.7 Å². The summed E-state index contributed by atoms with van der Waals surface area (Å²) in [4.78, 5) is 22.8. The van der Waals surface area contributed by atoms with Crippen molar-refractivity contribution in [3.05, 3.63) is 100 Å². The molecule has 0 amide bonds. The van der Waals surface area contributed by atoms with Crippen molar-refractivity contribution in [1.82, 2.24) is 0 Å². The van der Waals surface area contributed by atoms with Crippen LogP contribution in [0.5, 0.6) is 11.5 Å². The average Bonchev–Trinajstić information content (AvgIpc) is 2.72. The fourth-order valence-corrected chi connectivity index (χ4v) is 2.50. The summed E-state index contributed by atoms with van der Waals surface area (Å²) in [5, 5.41) is 10.9. The Bertz CT molecular complexity index is 923. The first-order valence-electron chi connectivity index (χ1n) is 8.34. The SMILES string of the molecule is O=C(c1ccccc1)c1ccc(OCCOc2ccccc2[N+](=O)[O-])cc1. The highest BCUT2D eigenvalue weighted by Crippen LogP contribution is 2.25. The van der Waals surface area contributed by atoms with Crippen molar-refractivity contribution in [3.63, 3.8) is 0 Å². The molecule has 6 heteroatoms. The monoisotopic (exact) mass is 363 g/mol. The van der Waals surface area contributed by atoms with Crippen LogP contribution >= 0.6 is 0 Å². The van der Waals surface area contributed by atoms with Gasteiger partial charge in [-0.25, -0.2) is 0 Å². The zero-order valence-electron chi connectivity index (χ0n) is 14.4. The molecule has 0 aliphatic carbocycles.